The molecule has 0 saturated carbocycles. The molecule has 0 heterocycles. The summed E-state index contributed by atoms with van der Waals surface area (Å²) < 4.78 is 10.5. The van der Waals surface area contributed by atoms with Crippen molar-refractivity contribution in [3.05, 3.63) is 24.3 Å². The Hall–Kier alpha value is -2.24. The summed E-state index contributed by atoms with van der Waals surface area (Å²) in [5.74, 6) is -0.275. The molecule has 0 unspecified atom stereocenters. The van der Waals surface area contributed by atoms with Gasteiger partial charge in [0.1, 0.15) is 17.5 Å². The molecule has 0 saturated heterocycles. The van der Waals surface area contributed by atoms with Gasteiger partial charge in [-0.15, -0.1) is 0 Å². The van der Waals surface area contributed by atoms with E-state index in [1.54, 1.807) is 31.2 Å². The first-order valence-electron chi connectivity index (χ1n) is 6.44. The second kappa shape index (κ2) is 8.04. The highest BCUT2D eigenvalue weighted by Gasteiger charge is 2.17. The first-order valence-corrected chi connectivity index (χ1v) is 6.44. The summed E-state index contributed by atoms with van der Waals surface area (Å²) in [4.78, 5) is 22.3. The molecule has 0 aliphatic rings. The van der Waals surface area contributed by atoms with Crippen molar-refractivity contribution in [3.63, 3.8) is 0 Å². The molecule has 0 bridgehead atoms. The molecule has 0 radical (unpaired) electrons. The van der Waals surface area contributed by atoms with Gasteiger partial charge in [0.15, 0.2) is 6.61 Å². The number of carbonyl (C=O) groups is 2. The molecule has 110 valence electrons. The van der Waals surface area contributed by atoms with Crippen molar-refractivity contribution >= 4 is 11.9 Å². The number of carboxylic acids is 1. The van der Waals surface area contributed by atoms with E-state index in [2.05, 4.69) is 5.32 Å². The van der Waals surface area contributed by atoms with E-state index in [4.69, 9.17) is 14.6 Å². The zero-order valence-corrected chi connectivity index (χ0v) is 11.6. The third kappa shape index (κ3) is 5.17. The van der Waals surface area contributed by atoms with Crippen LogP contribution in [0.25, 0.3) is 0 Å². The third-order valence-electron chi connectivity index (χ3n) is 2.55. The van der Waals surface area contributed by atoms with Crippen LogP contribution < -0.4 is 14.8 Å². The maximum atomic E-state index is 11.5. The minimum Gasteiger partial charge on any atom is -0.494 e. The number of hydrogen-bond donors (Lipinski definition) is 2. The highest BCUT2D eigenvalue weighted by atomic mass is 16.5. The van der Waals surface area contributed by atoms with Crippen LogP contribution in [0.15, 0.2) is 24.3 Å². The van der Waals surface area contributed by atoms with Crippen LogP contribution in [0.2, 0.25) is 0 Å². The first kappa shape index (κ1) is 15.8. The zero-order chi connectivity index (χ0) is 15.0. The van der Waals surface area contributed by atoms with Crippen LogP contribution in [-0.2, 0) is 9.59 Å². The molecule has 1 atom stereocenters. The van der Waals surface area contributed by atoms with E-state index >= 15 is 0 Å². The average molecular weight is 281 g/mol. The predicted molar refractivity (Wildman–Crippen MR) is 73.0 cm³/mol. The summed E-state index contributed by atoms with van der Waals surface area (Å²) in [6.07, 6.45) is 0.324. The molecule has 20 heavy (non-hydrogen) atoms. The molecule has 0 aliphatic heterocycles. The van der Waals surface area contributed by atoms with Crippen molar-refractivity contribution in [2.24, 2.45) is 0 Å². The van der Waals surface area contributed by atoms with E-state index in [9.17, 15) is 9.59 Å². The van der Waals surface area contributed by atoms with Crippen molar-refractivity contribution in [2.45, 2.75) is 26.3 Å². The summed E-state index contributed by atoms with van der Waals surface area (Å²) in [6, 6.07) is 5.97. The SMILES string of the molecule is CCOc1ccc(OCC(=O)N[C@@H](CC)C(=O)O)cc1. The normalized spacial score (nSPS) is 11.5. The number of ether oxygens (including phenoxy) is 2. The van der Waals surface area contributed by atoms with Gasteiger partial charge in [0, 0.05) is 0 Å². The Bertz CT molecular complexity index is 443. The number of carbonyl (C=O) groups excluding carboxylic acids is 1. The van der Waals surface area contributed by atoms with E-state index < -0.39 is 17.9 Å². The molecule has 0 aliphatic carbocycles. The largest absolute Gasteiger partial charge is 0.494 e. The molecule has 0 fully saturated rings. The smallest absolute Gasteiger partial charge is 0.326 e. The van der Waals surface area contributed by atoms with Gasteiger partial charge in [-0.3, -0.25) is 4.79 Å². The van der Waals surface area contributed by atoms with E-state index in [1.165, 1.54) is 0 Å². The van der Waals surface area contributed by atoms with Gasteiger partial charge < -0.3 is 19.9 Å². The molecule has 0 aromatic heterocycles. The Balaban J connectivity index is 2.42. The second-order valence-electron chi connectivity index (χ2n) is 4.06. The maximum absolute atomic E-state index is 11.5. The van der Waals surface area contributed by atoms with Gasteiger partial charge in [-0.05, 0) is 37.6 Å². The topological polar surface area (TPSA) is 84.9 Å². The summed E-state index contributed by atoms with van der Waals surface area (Å²) in [7, 11) is 0. The monoisotopic (exact) mass is 281 g/mol. The minimum atomic E-state index is -1.05. The minimum absolute atomic E-state index is 0.224. The third-order valence-corrected chi connectivity index (χ3v) is 2.55. The molecular weight excluding hydrogens is 262 g/mol. The first-order chi connectivity index (χ1) is 9.56. The van der Waals surface area contributed by atoms with Crippen LogP contribution in [0.3, 0.4) is 0 Å². The number of aliphatic carboxylic acids is 1. The lowest BCUT2D eigenvalue weighted by molar-refractivity contribution is -0.142. The number of amides is 1. The van der Waals surface area contributed by atoms with Crippen LogP contribution in [0, 0.1) is 0 Å². The fraction of sp³-hybridized carbons (Fsp3) is 0.429. The Morgan fingerprint density at radius 2 is 1.70 bits per heavy atom. The molecule has 6 heteroatoms. The van der Waals surface area contributed by atoms with Gasteiger partial charge in [-0.25, -0.2) is 4.79 Å². The quantitative estimate of drug-likeness (QED) is 0.753. The van der Waals surface area contributed by atoms with Crippen LogP contribution in [0.1, 0.15) is 20.3 Å². The summed E-state index contributed by atoms with van der Waals surface area (Å²) in [6.45, 7) is 3.93. The van der Waals surface area contributed by atoms with Gasteiger partial charge in [0.2, 0.25) is 0 Å². The average Bonchev–Trinajstić information content (AvgIpc) is 2.44. The van der Waals surface area contributed by atoms with Crippen LogP contribution in [0.4, 0.5) is 0 Å². The number of nitrogens with one attached hydrogen (secondary N) is 1. The Kier molecular flexibility index (Phi) is 6.36. The fourth-order valence-corrected chi connectivity index (χ4v) is 1.52. The predicted octanol–water partition coefficient (Wildman–Crippen LogP) is 1.44. The van der Waals surface area contributed by atoms with Crippen molar-refractivity contribution in [1.82, 2.24) is 5.32 Å². The lowest BCUT2D eigenvalue weighted by Gasteiger charge is -2.12. The molecular formula is C14H19NO5. The number of benzene rings is 1. The molecule has 6 nitrogen and oxygen atoms in total. The van der Waals surface area contributed by atoms with Crippen molar-refractivity contribution in [1.29, 1.82) is 0 Å². The summed E-state index contributed by atoms with van der Waals surface area (Å²) in [5.41, 5.74) is 0. The lowest BCUT2D eigenvalue weighted by atomic mass is 10.2. The van der Waals surface area contributed by atoms with E-state index in [-0.39, 0.29) is 6.61 Å². The maximum Gasteiger partial charge on any atom is 0.326 e. The second-order valence-corrected chi connectivity index (χ2v) is 4.06. The molecule has 0 spiro atoms. The van der Waals surface area contributed by atoms with Gasteiger partial charge in [0.25, 0.3) is 5.91 Å². The van der Waals surface area contributed by atoms with Crippen molar-refractivity contribution < 1.29 is 24.2 Å². The molecule has 1 rings (SSSR count). The highest BCUT2D eigenvalue weighted by Crippen LogP contribution is 2.17. The lowest BCUT2D eigenvalue weighted by Crippen LogP contribution is -2.42. The Morgan fingerprint density at radius 1 is 1.15 bits per heavy atom. The Labute approximate surface area is 117 Å². The standard InChI is InChI=1S/C14H19NO5/c1-3-12(14(17)18)15-13(16)9-20-11-7-5-10(6-8-11)19-4-2/h5-8,12H,3-4,9H2,1-2H3,(H,15,16)(H,17,18)/t12-/m0/s1. The van der Waals surface area contributed by atoms with Gasteiger partial charge in [0.05, 0.1) is 6.61 Å². The van der Waals surface area contributed by atoms with E-state index in [0.29, 0.717) is 18.8 Å². The van der Waals surface area contributed by atoms with Gasteiger partial charge in [-0.2, -0.15) is 0 Å². The van der Waals surface area contributed by atoms with Crippen LogP contribution in [0.5, 0.6) is 11.5 Å². The zero-order valence-electron chi connectivity index (χ0n) is 11.6. The van der Waals surface area contributed by atoms with E-state index in [0.717, 1.165) is 5.75 Å². The number of rotatable bonds is 8. The summed E-state index contributed by atoms with van der Waals surface area (Å²) in [5, 5.41) is 11.2. The molecule has 1 amide bonds. The van der Waals surface area contributed by atoms with Crippen LogP contribution >= 0.6 is 0 Å². The highest BCUT2D eigenvalue weighted by molar-refractivity contribution is 5.84. The van der Waals surface area contributed by atoms with Crippen molar-refractivity contribution in [2.75, 3.05) is 13.2 Å². The van der Waals surface area contributed by atoms with Crippen LogP contribution in [-0.4, -0.2) is 36.2 Å². The number of carboxylic acid groups (broad SMARTS) is 1. The molecule has 2 N–H and O–H groups in total. The van der Waals surface area contributed by atoms with Gasteiger partial charge >= 0.3 is 5.97 Å². The number of hydrogen-bond acceptors (Lipinski definition) is 4. The van der Waals surface area contributed by atoms with E-state index in [1.807, 2.05) is 6.92 Å². The molecule has 1 aromatic rings. The fourth-order valence-electron chi connectivity index (χ4n) is 1.52. The summed E-state index contributed by atoms with van der Waals surface area (Å²) >= 11 is 0. The van der Waals surface area contributed by atoms with Crippen molar-refractivity contribution in [3.8, 4) is 11.5 Å². The van der Waals surface area contributed by atoms with Gasteiger partial charge in [-0.1, -0.05) is 6.92 Å². The Morgan fingerprint density at radius 3 is 2.15 bits per heavy atom. The molecule has 1 aromatic carbocycles.